The maximum absolute atomic E-state index is 2.71. The second-order valence-corrected chi connectivity index (χ2v) is 32.0. The average Bonchev–Trinajstić information content (AvgIpc) is 3.44. The average molecular weight is 689 g/mol. The van der Waals surface area contributed by atoms with Crippen LogP contribution in [0.5, 0.6) is 0 Å². The summed E-state index contributed by atoms with van der Waals surface area (Å²) >= 11 is -2.18. The fourth-order valence-corrected chi connectivity index (χ4v) is 26.1. The van der Waals surface area contributed by atoms with Gasteiger partial charge in [-0.25, -0.2) is 0 Å². The molecule has 0 saturated heterocycles. The third kappa shape index (κ3) is 5.87. The molecule has 0 nitrogen and oxygen atoms in total. The van der Waals surface area contributed by atoms with Gasteiger partial charge in [0.25, 0.3) is 0 Å². The van der Waals surface area contributed by atoms with Gasteiger partial charge in [0.15, 0.2) is 0 Å². The minimum atomic E-state index is -2.18. The molecular weight excluding hydrogens is 647 g/mol. The number of hydrogen-bond acceptors (Lipinski definition) is 0. The van der Waals surface area contributed by atoms with Gasteiger partial charge in [-0.1, -0.05) is 0 Å². The van der Waals surface area contributed by atoms with Crippen LogP contribution in [0.15, 0.2) is 97.1 Å². The Morgan fingerprint density at radius 3 is 1.57 bits per heavy atom. The first-order chi connectivity index (χ1) is 18.9. The Morgan fingerprint density at radius 1 is 0.571 bits per heavy atom. The van der Waals surface area contributed by atoms with Crippen molar-refractivity contribution in [3.05, 3.63) is 136 Å². The molecule has 0 radical (unpaired) electrons. The van der Waals surface area contributed by atoms with E-state index in [0.717, 1.165) is 0 Å². The second kappa shape index (κ2) is 12.4. The first-order valence-corrected chi connectivity index (χ1v) is 23.8. The molecule has 1 unspecified atom stereocenters. The molecule has 4 aromatic carbocycles. The van der Waals surface area contributed by atoms with Crippen molar-refractivity contribution < 1.29 is 45.2 Å². The molecule has 42 heavy (non-hydrogen) atoms. The minimum absolute atomic E-state index is 0. The van der Waals surface area contributed by atoms with E-state index in [1.54, 1.807) is 16.7 Å². The maximum Gasteiger partial charge on any atom is -1.00 e. The molecule has 0 fully saturated rings. The molecule has 6 rings (SSSR count). The molecule has 0 N–H and O–H groups in total. The Morgan fingerprint density at radius 2 is 1.07 bits per heavy atom. The summed E-state index contributed by atoms with van der Waals surface area (Å²) in [5, 5.41) is 0. The number of fused-ring (bicyclic) bond motifs is 4. The molecule has 2 aliphatic rings. The fourth-order valence-electron chi connectivity index (χ4n) is 6.78. The van der Waals surface area contributed by atoms with Crippen molar-refractivity contribution in [2.45, 2.75) is 72.7 Å². The van der Waals surface area contributed by atoms with Crippen LogP contribution in [-0.2, 0) is 31.2 Å². The van der Waals surface area contributed by atoms with Gasteiger partial charge < -0.3 is 24.8 Å². The Bertz CT molecular complexity index is 1620. The molecule has 2 aliphatic carbocycles. The van der Waals surface area contributed by atoms with Crippen LogP contribution in [0.3, 0.4) is 0 Å². The van der Waals surface area contributed by atoms with Crippen molar-refractivity contribution in [2.24, 2.45) is 0 Å². The first kappa shape index (κ1) is 33.2. The van der Waals surface area contributed by atoms with Crippen LogP contribution >= 0.6 is 0 Å². The van der Waals surface area contributed by atoms with E-state index in [4.69, 9.17) is 0 Å². The molecule has 1 atom stereocenters. The van der Waals surface area contributed by atoms with Crippen molar-refractivity contribution in [3.63, 3.8) is 0 Å². The van der Waals surface area contributed by atoms with Gasteiger partial charge in [0.2, 0.25) is 0 Å². The zero-order valence-corrected chi connectivity index (χ0v) is 31.1. The summed E-state index contributed by atoms with van der Waals surface area (Å²) in [6.07, 6.45) is 2.71. The van der Waals surface area contributed by atoms with E-state index in [9.17, 15) is 0 Å². The zero-order chi connectivity index (χ0) is 28.4. The molecule has 4 aromatic rings. The normalized spacial score (nSPS) is 15.3. The van der Waals surface area contributed by atoms with E-state index in [2.05, 4.69) is 152 Å². The third-order valence-electron chi connectivity index (χ3n) is 8.98. The predicted octanol–water partition coefficient (Wildman–Crippen LogP) is 4.42. The third-order valence-corrected chi connectivity index (χ3v) is 28.1. The minimum Gasteiger partial charge on any atom is -1.00 e. The molecule has 0 aliphatic heterocycles. The fraction of sp³-hybridized carbons (Fsp3) is 0.316. The van der Waals surface area contributed by atoms with Gasteiger partial charge in [0.1, 0.15) is 0 Å². The topological polar surface area (TPSA) is 0 Å². The quantitative estimate of drug-likeness (QED) is 0.280. The number of benzene rings is 4. The first-order valence-electron chi connectivity index (χ1n) is 14.8. The van der Waals surface area contributed by atoms with Gasteiger partial charge in [0.05, 0.1) is 0 Å². The van der Waals surface area contributed by atoms with E-state index in [0.29, 0.717) is 7.25 Å². The van der Waals surface area contributed by atoms with Crippen LogP contribution in [0, 0.1) is 0 Å². The van der Waals surface area contributed by atoms with Crippen LogP contribution < -0.4 is 24.8 Å². The van der Waals surface area contributed by atoms with Crippen molar-refractivity contribution >= 4 is 11.0 Å². The van der Waals surface area contributed by atoms with E-state index < -0.39 is 25.8 Å². The number of halogens is 2. The Labute approximate surface area is 274 Å². The molecular formula is C38H42Cl2SiZr. The zero-order valence-electron chi connectivity index (χ0n) is 26.1. The molecule has 4 heteroatoms. The molecule has 0 heterocycles. The smallest absolute Gasteiger partial charge is 1.00 e. The summed E-state index contributed by atoms with van der Waals surface area (Å²) in [4.78, 5) is 0. The van der Waals surface area contributed by atoms with Gasteiger partial charge in [-0.3, -0.25) is 0 Å². The number of hydrogen-bond donors (Lipinski definition) is 0. The summed E-state index contributed by atoms with van der Waals surface area (Å²) < 4.78 is 1.20. The van der Waals surface area contributed by atoms with E-state index in [1.807, 2.05) is 0 Å². The summed E-state index contributed by atoms with van der Waals surface area (Å²) in [7, 11) is 0. The summed E-state index contributed by atoms with van der Waals surface area (Å²) in [5.41, 5.74) is 14.8. The Balaban J connectivity index is 0.00000202. The molecule has 0 bridgehead atoms. The van der Waals surface area contributed by atoms with Crippen molar-refractivity contribution in [1.29, 1.82) is 0 Å². The van der Waals surface area contributed by atoms with E-state index in [-0.39, 0.29) is 35.6 Å². The Kier molecular flexibility index (Phi) is 9.77. The van der Waals surface area contributed by atoms with Crippen LogP contribution in [0.2, 0.25) is 13.1 Å². The van der Waals surface area contributed by atoms with Gasteiger partial charge in [-0.2, -0.15) is 0 Å². The van der Waals surface area contributed by atoms with Crippen molar-refractivity contribution in [3.8, 4) is 11.1 Å². The van der Waals surface area contributed by atoms with Crippen molar-refractivity contribution in [1.82, 2.24) is 0 Å². The maximum atomic E-state index is 2.71. The second-order valence-electron chi connectivity index (χ2n) is 14.0. The van der Waals surface area contributed by atoms with Gasteiger partial charge in [-0.05, 0) is 0 Å². The number of rotatable bonds is 3. The molecule has 0 aromatic heterocycles. The summed E-state index contributed by atoms with van der Waals surface area (Å²) in [5.74, 6) is 0. The van der Waals surface area contributed by atoms with Crippen LogP contribution in [0.4, 0.5) is 0 Å². The van der Waals surface area contributed by atoms with E-state index in [1.165, 1.54) is 39.0 Å². The van der Waals surface area contributed by atoms with Crippen LogP contribution in [-0.4, -0.2) is 5.43 Å². The predicted molar refractivity (Wildman–Crippen MR) is 171 cm³/mol. The van der Waals surface area contributed by atoms with E-state index >= 15 is 0 Å². The molecule has 0 spiro atoms. The van der Waals surface area contributed by atoms with Crippen molar-refractivity contribution in [2.75, 3.05) is 0 Å². The standard InChI is InChI=1S/C21H25.C15H11.C2H6Si.2ClH.Zr/c1-20(2,3)16-9-7-14-11-15-8-10-17(21(4,5)6)13-19(15)18(14)12-16;1-2-6-12(7-3-1)15-11-10-13-8-4-5-9-14(13)15;1-3-2;;;/h7-13H,1-6H3;1-11H;1-2H3;2*1H;/q;;;;;+2/p-2. The molecule has 0 amide bonds. The summed E-state index contributed by atoms with van der Waals surface area (Å²) in [6, 6.07) is 35.4. The largest absolute Gasteiger partial charge is 1.00 e. The van der Waals surface area contributed by atoms with Gasteiger partial charge in [-0.15, -0.1) is 0 Å². The van der Waals surface area contributed by atoms with Crippen LogP contribution in [0.1, 0.15) is 87.7 Å². The van der Waals surface area contributed by atoms with Gasteiger partial charge >= 0.3 is 251 Å². The Hall–Kier alpha value is -1.70. The summed E-state index contributed by atoms with van der Waals surface area (Å²) in [6.45, 7) is 19.3. The molecule has 0 saturated carbocycles. The monoisotopic (exact) mass is 686 g/mol. The van der Waals surface area contributed by atoms with Gasteiger partial charge in [0, 0.05) is 0 Å². The molecule has 216 valence electrons. The SMILES string of the molecule is C[Si](C)=[Zr+2]([CH]1C=C(c2ccccc2)c2ccccc21)[CH]1c2ccc(C(C)(C)C)cc2-c2cc(C(C)(C)C)ccc21.[Cl-].[Cl-]. The van der Waals surface area contributed by atoms with Crippen LogP contribution in [0.25, 0.3) is 16.7 Å². The number of allylic oxidation sites excluding steroid dienone is 1.